The smallest absolute Gasteiger partial charge is 0.212 e. The normalized spacial score (nSPS) is 17.3. The Hall–Kier alpha value is -1.07. The van der Waals surface area contributed by atoms with Gasteiger partial charge in [-0.05, 0) is 32.3 Å². The number of hydrogen-bond donors (Lipinski definition) is 1. The van der Waals surface area contributed by atoms with Gasteiger partial charge in [0, 0.05) is 11.6 Å². The molecule has 0 amide bonds. The number of aryl methyl sites for hydroxylation is 1. The van der Waals surface area contributed by atoms with Crippen molar-refractivity contribution in [2.75, 3.05) is 12.9 Å². The molecule has 5 heteroatoms. The SMILES string of the molecule is COc1ccc(C)cc1C(C)NS(=O)(=O)CCC1CCC1. The first-order valence-corrected chi connectivity index (χ1v) is 9.21. The molecule has 1 aliphatic carbocycles. The zero-order valence-electron chi connectivity index (χ0n) is 13.1. The lowest BCUT2D eigenvalue weighted by Gasteiger charge is -2.25. The Bertz CT molecular complexity index is 579. The summed E-state index contributed by atoms with van der Waals surface area (Å²) in [6.45, 7) is 3.85. The van der Waals surface area contributed by atoms with E-state index in [1.54, 1.807) is 7.11 Å². The molecular formula is C16H25NO3S. The molecule has 1 aromatic rings. The molecule has 1 unspecified atom stereocenters. The van der Waals surface area contributed by atoms with Crippen LogP contribution in [-0.2, 0) is 10.0 Å². The van der Waals surface area contributed by atoms with Gasteiger partial charge in [0.2, 0.25) is 10.0 Å². The zero-order valence-corrected chi connectivity index (χ0v) is 13.9. The Morgan fingerprint density at radius 3 is 2.67 bits per heavy atom. The number of methoxy groups -OCH3 is 1. The Kier molecular flexibility index (Phi) is 5.27. The van der Waals surface area contributed by atoms with Crippen LogP contribution in [0, 0.1) is 12.8 Å². The van der Waals surface area contributed by atoms with Crippen LogP contribution in [0.4, 0.5) is 0 Å². The Morgan fingerprint density at radius 2 is 2.10 bits per heavy atom. The van der Waals surface area contributed by atoms with Crippen molar-refractivity contribution in [3.05, 3.63) is 29.3 Å². The molecule has 1 fully saturated rings. The molecule has 118 valence electrons. The third kappa shape index (κ3) is 4.45. The van der Waals surface area contributed by atoms with Gasteiger partial charge in [0.25, 0.3) is 0 Å². The van der Waals surface area contributed by atoms with Gasteiger partial charge in [0.15, 0.2) is 0 Å². The fourth-order valence-electron chi connectivity index (χ4n) is 2.69. The second-order valence-electron chi connectivity index (χ2n) is 5.99. The Balaban J connectivity index is 2.02. The quantitative estimate of drug-likeness (QED) is 0.841. The van der Waals surface area contributed by atoms with Gasteiger partial charge in [-0.25, -0.2) is 13.1 Å². The zero-order chi connectivity index (χ0) is 15.5. The summed E-state index contributed by atoms with van der Waals surface area (Å²) in [7, 11) is -1.64. The fraction of sp³-hybridized carbons (Fsp3) is 0.625. The van der Waals surface area contributed by atoms with Gasteiger partial charge in [-0.2, -0.15) is 0 Å². The molecule has 1 N–H and O–H groups in total. The highest BCUT2D eigenvalue weighted by Crippen LogP contribution is 2.30. The van der Waals surface area contributed by atoms with Gasteiger partial charge in [-0.3, -0.25) is 0 Å². The summed E-state index contributed by atoms with van der Waals surface area (Å²) in [5.41, 5.74) is 1.97. The first kappa shape index (κ1) is 16.3. The number of benzene rings is 1. The van der Waals surface area contributed by atoms with Crippen molar-refractivity contribution in [3.8, 4) is 5.75 Å². The molecule has 0 radical (unpaired) electrons. The second-order valence-corrected chi connectivity index (χ2v) is 7.86. The highest BCUT2D eigenvalue weighted by molar-refractivity contribution is 7.89. The Morgan fingerprint density at radius 1 is 1.38 bits per heavy atom. The van der Waals surface area contributed by atoms with Crippen LogP contribution in [0.5, 0.6) is 5.75 Å². The summed E-state index contributed by atoms with van der Waals surface area (Å²) >= 11 is 0. The van der Waals surface area contributed by atoms with Crippen LogP contribution < -0.4 is 9.46 Å². The van der Waals surface area contributed by atoms with E-state index in [9.17, 15) is 8.42 Å². The van der Waals surface area contributed by atoms with Crippen molar-refractivity contribution in [1.82, 2.24) is 4.72 Å². The van der Waals surface area contributed by atoms with Gasteiger partial charge in [0.1, 0.15) is 5.75 Å². The van der Waals surface area contributed by atoms with E-state index in [0.29, 0.717) is 5.92 Å². The summed E-state index contributed by atoms with van der Waals surface area (Å²) in [5, 5.41) is 0. The first-order chi connectivity index (χ1) is 9.91. The molecule has 0 saturated heterocycles. The molecule has 1 aliphatic rings. The van der Waals surface area contributed by atoms with Crippen LogP contribution in [0.15, 0.2) is 18.2 Å². The van der Waals surface area contributed by atoms with Crippen LogP contribution >= 0.6 is 0 Å². The van der Waals surface area contributed by atoms with E-state index < -0.39 is 10.0 Å². The molecule has 0 aliphatic heterocycles. The number of ether oxygens (including phenoxy) is 1. The molecular weight excluding hydrogens is 286 g/mol. The van der Waals surface area contributed by atoms with Gasteiger partial charge in [-0.15, -0.1) is 0 Å². The molecule has 21 heavy (non-hydrogen) atoms. The van der Waals surface area contributed by atoms with Crippen LogP contribution in [-0.4, -0.2) is 21.3 Å². The maximum atomic E-state index is 12.2. The van der Waals surface area contributed by atoms with Crippen LogP contribution in [0.1, 0.15) is 49.8 Å². The largest absolute Gasteiger partial charge is 0.496 e. The van der Waals surface area contributed by atoms with E-state index in [1.165, 1.54) is 19.3 Å². The minimum Gasteiger partial charge on any atom is -0.496 e. The number of hydrogen-bond acceptors (Lipinski definition) is 3. The number of rotatable bonds is 7. The standard InChI is InChI=1S/C16H25NO3S/c1-12-7-8-16(20-3)15(11-12)13(2)17-21(18,19)10-9-14-5-4-6-14/h7-8,11,13-14,17H,4-6,9-10H2,1-3H3. The molecule has 0 bridgehead atoms. The second kappa shape index (κ2) is 6.79. The Labute approximate surface area is 127 Å². The molecule has 1 atom stereocenters. The van der Waals surface area contributed by atoms with Crippen molar-refractivity contribution in [3.63, 3.8) is 0 Å². The molecule has 4 nitrogen and oxygen atoms in total. The molecule has 1 saturated carbocycles. The predicted octanol–water partition coefficient (Wildman–Crippen LogP) is 3.17. The van der Waals surface area contributed by atoms with Gasteiger partial charge in [-0.1, -0.05) is 37.0 Å². The van der Waals surface area contributed by atoms with Crippen molar-refractivity contribution >= 4 is 10.0 Å². The highest BCUT2D eigenvalue weighted by atomic mass is 32.2. The van der Waals surface area contributed by atoms with Crippen molar-refractivity contribution in [2.45, 2.75) is 45.6 Å². The first-order valence-electron chi connectivity index (χ1n) is 7.56. The summed E-state index contributed by atoms with van der Waals surface area (Å²) in [5.74, 6) is 1.54. The van der Waals surface area contributed by atoms with Crippen molar-refractivity contribution in [1.29, 1.82) is 0 Å². The summed E-state index contributed by atoms with van der Waals surface area (Å²) in [6, 6.07) is 5.52. The monoisotopic (exact) mass is 311 g/mol. The third-order valence-corrected chi connectivity index (χ3v) is 5.71. The van der Waals surface area contributed by atoms with E-state index in [-0.39, 0.29) is 11.8 Å². The highest BCUT2D eigenvalue weighted by Gasteiger charge is 2.23. The van der Waals surface area contributed by atoms with Crippen molar-refractivity contribution < 1.29 is 13.2 Å². The average Bonchev–Trinajstić information content (AvgIpc) is 2.36. The predicted molar refractivity (Wildman–Crippen MR) is 85.0 cm³/mol. The van der Waals surface area contributed by atoms with Crippen LogP contribution in [0.3, 0.4) is 0 Å². The minimum absolute atomic E-state index is 0.218. The maximum absolute atomic E-state index is 12.2. The van der Waals surface area contributed by atoms with Crippen LogP contribution in [0.2, 0.25) is 0 Å². The lowest BCUT2D eigenvalue weighted by Crippen LogP contribution is -2.30. The molecule has 2 rings (SSSR count). The molecule has 0 spiro atoms. The lowest BCUT2D eigenvalue weighted by atomic mass is 9.84. The maximum Gasteiger partial charge on any atom is 0.212 e. The van der Waals surface area contributed by atoms with E-state index >= 15 is 0 Å². The number of sulfonamides is 1. The third-order valence-electron chi connectivity index (χ3n) is 4.23. The van der Waals surface area contributed by atoms with Crippen LogP contribution in [0.25, 0.3) is 0 Å². The summed E-state index contributed by atoms with van der Waals surface area (Å²) < 4.78 is 32.5. The lowest BCUT2D eigenvalue weighted by molar-refractivity contribution is 0.307. The topological polar surface area (TPSA) is 55.4 Å². The molecule has 0 heterocycles. The molecule has 1 aromatic carbocycles. The number of nitrogens with one attached hydrogen (secondary N) is 1. The van der Waals surface area contributed by atoms with E-state index in [2.05, 4.69) is 4.72 Å². The average molecular weight is 311 g/mol. The van der Waals surface area contributed by atoms with E-state index in [4.69, 9.17) is 4.74 Å². The van der Waals surface area contributed by atoms with Crippen molar-refractivity contribution in [2.24, 2.45) is 5.92 Å². The minimum atomic E-state index is -3.24. The summed E-state index contributed by atoms with van der Waals surface area (Å²) in [6.07, 6.45) is 4.37. The van der Waals surface area contributed by atoms with Gasteiger partial charge < -0.3 is 4.74 Å². The van der Waals surface area contributed by atoms with E-state index in [1.807, 2.05) is 32.0 Å². The fourth-order valence-corrected chi connectivity index (χ4v) is 4.11. The van der Waals surface area contributed by atoms with Gasteiger partial charge in [0.05, 0.1) is 12.9 Å². The molecule has 0 aromatic heterocycles. The van der Waals surface area contributed by atoms with E-state index in [0.717, 1.165) is 23.3 Å². The van der Waals surface area contributed by atoms with Gasteiger partial charge >= 0.3 is 0 Å². The summed E-state index contributed by atoms with van der Waals surface area (Å²) in [4.78, 5) is 0.